The number of amides is 3. The van der Waals surface area contributed by atoms with Crippen LogP contribution in [0.2, 0.25) is 0 Å². The molecular weight excluding hydrogens is 378 g/mol. The number of benzene rings is 2. The second-order valence-corrected chi connectivity index (χ2v) is 8.76. The lowest BCUT2D eigenvalue weighted by atomic mass is 9.84. The molecule has 3 aromatic rings. The zero-order chi connectivity index (χ0) is 21.5. The van der Waals surface area contributed by atoms with Gasteiger partial charge in [0.25, 0.3) is 5.91 Å². The van der Waals surface area contributed by atoms with Crippen LogP contribution in [0.25, 0.3) is 11.3 Å². The van der Waals surface area contributed by atoms with Crippen molar-refractivity contribution in [3.8, 4) is 11.3 Å². The van der Waals surface area contributed by atoms with Crippen molar-refractivity contribution in [2.24, 2.45) is 0 Å². The Hall–Kier alpha value is -3.41. The fourth-order valence-electron chi connectivity index (χ4n) is 3.59. The number of oxazole rings is 1. The van der Waals surface area contributed by atoms with Crippen LogP contribution in [-0.2, 0) is 22.3 Å². The van der Waals surface area contributed by atoms with Crippen LogP contribution in [0, 0.1) is 0 Å². The third-order valence-corrected chi connectivity index (χ3v) is 5.51. The van der Waals surface area contributed by atoms with Crippen LogP contribution in [0.1, 0.15) is 44.7 Å². The first-order valence-corrected chi connectivity index (χ1v) is 9.94. The molecule has 1 saturated heterocycles. The predicted octanol–water partition coefficient (Wildman–Crippen LogP) is 4.61. The minimum absolute atomic E-state index is 0.00974. The molecular formula is C24H25N3O3. The lowest BCUT2D eigenvalue weighted by Crippen LogP contribution is -2.40. The van der Waals surface area contributed by atoms with Gasteiger partial charge in [-0.05, 0) is 23.5 Å². The van der Waals surface area contributed by atoms with Crippen LogP contribution in [0.5, 0.6) is 0 Å². The van der Waals surface area contributed by atoms with Crippen molar-refractivity contribution < 1.29 is 14.0 Å². The van der Waals surface area contributed by atoms with Gasteiger partial charge in [0.2, 0.25) is 5.89 Å². The Bertz CT molecular complexity index is 1080. The van der Waals surface area contributed by atoms with E-state index in [0.717, 1.165) is 21.6 Å². The molecule has 1 aliphatic heterocycles. The van der Waals surface area contributed by atoms with Crippen molar-refractivity contribution in [2.45, 2.75) is 45.2 Å². The van der Waals surface area contributed by atoms with Gasteiger partial charge in [0, 0.05) is 5.56 Å². The van der Waals surface area contributed by atoms with Gasteiger partial charge in [0.05, 0.1) is 6.20 Å². The minimum atomic E-state index is -1.12. The van der Waals surface area contributed by atoms with Crippen LogP contribution in [0.3, 0.4) is 0 Å². The maximum atomic E-state index is 13.2. The molecule has 2 heterocycles. The summed E-state index contributed by atoms with van der Waals surface area (Å²) >= 11 is 0. The van der Waals surface area contributed by atoms with Crippen LogP contribution in [0.4, 0.5) is 4.79 Å². The molecule has 0 radical (unpaired) electrons. The van der Waals surface area contributed by atoms with Crippen LogP contribution < -0.4 is 5.32 Å². The molecule has 2 aromatic carbocycles. The maximum Gasteiger partial charge on any atom is 0.325 e. The first kappa shape index (κ1) is 19.9. The van der Waals surface area contributed by atoms with E-state index in [4.69, 9.17) is 4.42 Å². The first-order chi connectivity index (χ1) is 14.2. The van der Waals surface area contributed by atoms with Gasteiger partial charge in [-0.15, -0.1) is 0 Å². The van der Waals surface area contributed by atoms with Gasteiger partial charge < -0.3 is 9.73 Å². The smallest absolute Gasteiger partial charge is 0.325 e. The standard InChI is InChI=1S/C24H25N3O3/c1-23(2,3)17-10-12-18(13-11-17)24(4)21(28)27(22(29)26-24)15-20-25-14-19(30-20)16-8-6-5-7-9-16/h5-14H,15H2,1-4H3,(H,26,29). The van der Waals surface area contributed by atoms with Crippen LogP contribution in [-0.4, -0.2) is 21.8 Å². The van der Waals surface area contributed by atoms with Crippen molar-refractivity contribution >= 4 is 11.9 Å². The van der Waals surface area contributed by atoms with Crippen LogP contribution >= 0.6 is 0 Å². The first-order valence-electron chi connectivity index (χ1n) is 9.94. The van der Waals surface area contributed by atoms with E-state index in [1.165, 1.54) is 0 Å². The number of hydrogen-bond acceptors (Lipinski definition) is 4. The number of imide groups is 1. The van der Waals surface area contributed by atoms with Gasteiger partial charge in [-0.3, -0.25) is 9.69 Å². The van der Waals surface area contributed by atoms with E-state index in [2.05, 4.69) is 31.1 Å². The number of nitrogens with one attached hydrogen (secondary N) is 1. The van der Waals surface area contributed by atoms with Crippen molar-refractivity contribution in [3.05, 3.63) is 77.8 Å². The molecule has 4 rings (SSSR count). The number of aromatic nitrogens is 1. The minimum Gasteiger partial charge on any atom is -0.439 e. The Morgan fingerprint density at radius 3 is 2.33 bits per heavy atom. The normalized spacial score (nSPS) is 19.3. The molecule has 1 unspecified atom stereocenters. The molecule has 6 heteroatoms. The van der Waals surface area contributed by atoms with E-state index in [1.807, 2.05) is 54.6 Å². The van der Waals surface area contributed by atoms with Gasteiger partial charge in [-0.2, -0.15) is 0 Å². The number of urea groups is 1. The fraction of sp³-hybridized carbons (Fsp3) is 0.292. The summed E-state index contributed by atoms with van der Waals surface area (Å²) in [5.74, 6) is 0.582. The van der Waals surface area contributed by atoms with Gasteiger partial charge >= 0.3 is 6.03 Å². The SMILES string of the molecule is CC(C)(C)c1ccc(C2(C)NC(=O)N(Cc3ncc(-c4ccccc4)o3)C2=O)cc1. The molecule has 0 bridgehead atoms. The Labute approximate surface area is 175 Å². The van der Waals surface area contributed by atoms with E-state index in [-0.39, 0.29) is 17.9 Å². The lowest BCUT2D eigenvalue weighted by Gasteiger charge is -2.24. The Morgan fingerprint density at radius 1 is 1.03 bits per heavy atom. The van der Waals surface area contributed by atoms with E-state index < -0.39 is 11.6 Å². The van der Waals surface area contributed by atoms with E-state index >= 15 is 0 Å². The predicted molar refractivity (Wildman–Crippen MR) is 114 cm³/mol. The zero-order valence-corrected chi connectivity index (χ0v) is 17.6. The molecule has 6 nitrogen and oxygen atoms in total. The van der Waals surface area contributed by atoms with Gasteiger partial charge in [-0.25, -0.2) is 9.78 Å². The van der Waals surface area contributed by atoms with Gasteiger partial charge in [-0.1, -0.05) is 75.4 Å². The summed E-state index contributed by atoms with van der Waals surface area (Å²) in [7, 11) is 0. The topological polar surface area (TPSA) is 75.4 Å². The Kier molecular flexibility index (Phi) is 4.73. The maximum absolute atomic E-state index is 13.2. The van der Waals surface area contributed by atoms with E-state index in [1.54, 1.807) is 13.1 Å². The largest absolute Gasteiger partial charge is 0.439 e. The van der Waals surface area contributed by atoms with E-state index in [0.29, 0.717) is 11.7 Å². The van der Waals surface area contributed by atoms with Crippen molar-refractivity contribution in [1.29, 1.82) is 0 Å². The highest BCUT2D eigenvalue weighted by atomic mass is 16.4. The number of carbonyl (C=O) groups is 2. The Balaban J connectivity index is 1.55. The molecule has 0 saturated carbocycles. The number of nitrogens with zero attached hydrogens (tertiary/aromatic N) is 2. The summed E-state index contributed by atoms with van der Waals surface area (Å²) in [5, 5.41) is 2.83. The lowest BCUT2D eigenvalue weighted by molar-refractivity contribution is -0.131. The molecule has 3 amide bonds. The highest BCUT2D eigenvalue weighted by Crippen LogP contribution is 2.32. The molecule has 1 atom stereocenters. The summed E-state index contributed by atoms with van der Waals surface area (Å²) in [6.07, 6.45) is 1.60. The number of hydrogen-bond donors (Lipinski definition) is 1. The summed E-state index contributed by atoms with van der Waals surface area (Å²) in [4.78, 5) is 31.2. The molecule has 1 N–H and O–H groups in total. The summed E-state index contributed by atoms with van der Waals surface area (Å²) in [6.45, 7) is 8.10. The second-order valence-electron chi connectivity index (χ2n) is 8.76. The molecule has 0 spiro atoms. The Morgan fingerprint density at radius 2 is 1.70 bits per heavy atom. The summed E-state index contributed by atoms with van der Waals surface area (Å²) in [6, 6.07) is 16.9. The number of carbonyl (C=O) groups excluding carboxylic acids is 2. The molecule has 1 fully saturated rings. The highest BCUT2D eigenvalue weighted by Gasteiger charge is 2.49. The van der Waals surface area contributed by atoms with Gasteiger partial charge in [0.15, 0.2) is 5.76 Å². The molecule has 1 aliphatic rings. The average molecular weight is 403 g/mol. The third kappa shape index (κ3) is 3.49. The monoisotopic (exact) mass is 403 g/mol. The molecule has 30 heavy (non-hydrogen) atoms. The van der Waals surface area contributed by atoms with Crippen LogP contribution in [0.15, 0.2) is 65.2 Å². The van der Waals surface area contributed by atoms with Crippen molar-refractivity contribution in [2.75, 3.05) is 0 Å². The van der Waals surface area contributed by atoms with Crippen molar-refractivity contribution in [3.63, 3.8) is 0 Å². The third-order valence-electron chi connectivity index (χ3n) is 5.51. The molecule has 0 aliphatic carbocycles. The second kappa shape index (κ2) is 7.13. The molecule has 154 valence electrons. The average Bonchev–Trinajstić information content (AvgIpc) is 3.27. The zero-order valence-electron chi connectivity index (χ0n) is 17.6. The quantitative estimate of drug-likeness (QED) is 0.646. The van der Waals surface area contributed by atoms with Crippen molar-refractivity contribution in [1.82, 2.24) is 15.2 Å². The van der Waals surface area contributed by atoms with Gasteiger partial charge in [0.1, 0.15) is 12.1 Å². The highest BCUT2D eigenvalue weighted by molar-refractivity contribution is 6.07. The summed E-state index contributed by atoms with van der Waals surface area (Å²) < 4.78 is 5.77. The molecule has 1 aromatic heterocycles. The fourth-order valence-corrected chi connectivity index (χ4v) is 3.59. The van der Waals surface area contributed by atoms with E-state index in [9.17, 15) is 9.59 Å². The summed E-state index contributed by atoms with van der Waals surface area (Å²) in [5.41, 5.74) is 1.68. The number of rotatable bonds is 4.